The van der Waals surface area contributed by atoms with Crippen LogP contribution in [0, 0.1) is 31.4 Å². The van der Waals surface area contributed by atoms with E-state index in [1.165, 1.54) is 28.8 Å². The monoisotopic (exact) mass is 463 g/mol. The fourth-order valence-electron chi connectivity index (χ4n) is 4.70. The van der Waals surface area contributed by atoms with Crippen molar-refractivity contribution in [2.24, 2.45) is 5.92 Å². The van der Waals surface area contributed by atoms with Gasteiger partial charge in [-0.3, -0.25) is 14.2 Å². The van der Waals surface area contributed by atoms with Gasteiger partial charge in [0.15, 0.2) is 5.82 Å². The normalized spacial score (nSPS) is 14.7. The molecular formula is C26H23F2N3O3. The van der Waals surface area contributed by atoms with Crippen molar-refractivity contribution in [3.8, 4) is 5.82 Å². The van der Waals surface area contributed by atoms with Gasteiger partial charge in [-0.2, -0.15) is 0 Å². The maximum absolute atomic E-state index is 14.9. The first-order valence-corrected chi connectivity index (χ1v) is 11.2. The summed E-state index contributed by atoms with van der Waals surface area (Å²) in [7, 11) is 0. The van der Waals surface area contributed by atoms with Gasteiger partial charge in [-0.1, -0.05) is 35.8 Å². The molecule has 0 unspecified atom stereocenters. The van der Waals surface area contributed by atoms with Gasteiger partial charge in [0.2, 0.25) is 0 Å². The second kappa shape index (κ2) is 8.52. The predicted octanol–water partition coefficient (Wildman–Crippen LogP) is 5.14. The van der Waals surface area contributed by atoms with Gasteiger partial charge in [0, 0.05) is 17.1 Å². The van der Waals surface area contributed by atoms with Crippen molar-refractivity contribution in [1.29, 1.82) is 0 Å². The molecular weight excluding hydrogens is 440 g/mol. The lowest BCUT2D eigenvalue weighted by Crippen LogP contribution is -2.37. The van der Waals surface area contributed by atoms with Crippen LogP contribution in [0.25, 0.3) is 16.6 Å². The highest BCUT2D eigenvalue weighted by Crippen LogP contribution is 2.38. The van der Waals surface area contributed by atoms with Gasteiger partial charge in [0.25, 0.3) is 11.5 Å². The molecule has 6 nitrogen and oxygen atoms in total. The Hall–Kier alpha value is -3.81. The van der Waals surface area contributed by atoms with Crippen LogP contribution in [-0.4, -0.2) is 15.6 Å². The molecule has 0 aliphatic heterocycles. The molecule has 1 aliphatic rings. The lowest BCUT2D eigenvalue weighted by molar-refractivity contribution is 0.0901. The summed E-state index contributed by atoms with van der Waals surface area (Å²) >= 11 is 0. The van der Waals surface area contributed by atoms with Crippen LogP contribution in [0.3, 0.4) is 0 Å². The van der Waals surface area contributed by atoms with Crippen LogP contribution in [0.5, 0.6) is 0 Å². The number of hydrogen-bond donors (Lipinski definition) is 1. The molecule has 0 spiro atoms. The van der Waals surface area contributed by atoms with Crippen LogP contribution in [0.2, 0.25) is 0 Å². The molecule has 4 aromatic rings. The van der Waals surface area contributed by atoms with Crippen molar-refractivity contribution in [1.82, 2.24) is 15.0 Å². The number of pyridine rings is 1. The van der Waals surface area contributed by atoms with E-state index >= 15 is 0 Å². The SMILES string of the molecule is Cc1cc(-n2c(C)c(C(=O)N[C@H](c3cccc(F)c3)C3CCC3)c3cccc(F)c3c2=O)no1. The van der Waals surface area contributed by atoms with E-state index in [0.29, 0.717) is 17.0 Å². The van der Waals surface area contributed by atoms with E-state index < -0.39 is 23.3 Å². The summed E-state index contributed by atoms with van der Waals surface area (Å²) in [6.45, 7) is 3.29. The fourth-order valence-corrected chi connectivity index (χ4v) is 4.70. The Morgan fingerprint density at radius 1 is 1.15 bits per heavy atom. The Balaban J connectivity index is 1.67. The van der Waals surface area contributed by atoms with E-state index in [-0.39, 0.29) is 33.9 Å². The lowest BCUT2D eigenvalue weighted by atomic mass is 9.77. The number of rotatable bonds is 5. The highest BCUT2D eigenvalue weighted by molar-refractivity contribution is 6.08. The number of nitrogens with one attached hydrogen (secondary N) is 1. The Morgan fingerprint density at radius 2 is 1.91 bits per heavy atom. The van der Waals surface area contributed by atoms with E-state index in [2.05, 4.69) is 10.5 Å². The Morgan fingerprint density at radius 3 is 2.56 bits per heavy atom. The molecule has 2 heterocycles. The zero-order valence-electron chi connectivity index (χ0n) is 18.8. The van der Waals surface area contributed by atoms with Crippen LogP contribution in [0.15, 0.2) is 57.8 Å². The quantitative estimate of drug-likeness (QED) is 0.444. The first-order valence-electron chi connectivity index (χ1n) is 11.2. The summed E-state index contributed by atoms with van der Waals surface area (Å²) in [5, 5.41) is 6.96. The van der Waals surface area contributed by atoms with Gasteiger partial charge in [-0.15, -0.1) is 0 Å². The lowest BCUT2D eigenvalue weighted by Gasteiger charge is -2.35. The maximum Gasteiger partial charge on any atom is 0.267 e. The number of halogens is 2. The molecule has 1 amide bonds. The largest absolute Gasteiger partial charge is 0.360 e. The number of carbonyl (C=O) groups is 1. The summed E-state index contributed by atoms with van der Waals surface area (Å²) in [6.07, 6.45) is 2.86. The summed E-state index contributed by atoms with van der Waals surface area (Å²) in [5.41, 5.74) is 0.513. The first-order chi connectivity index (χ1) is 16.3. The zero-order chi connectivity index (χ0) is 24.0. The van der Waals surface area contributed by atoms with E-state index in [9.17, 15) is 18.4 Å². The highest BCUT2D eigenvalue weighted by Gasteiger charge is 2.32. The summed E-state index contributed by atoms with van der Waals surface area (Å²) < 4.78 is 35.1. The standard InChI is InChI=1S/C26H23F2N3O3/c1-14-12-21(30-34-14)31-15(2)22(19-10-5-11-20(28)23(19)26(31)33)25(32)29-24(16-6-3-7-16)17-8-4-9-18(27)13-17/h4-5,8-13,16,24H,3,6-7H2,1-2H3,(H,29,32)/t24-/m0/s1. The molecule has 8 heteroatoms. The van der Waals surface area contributed by atoms with Crippen molar-refractivity contribution in [2.75, 3.05) is 0 Å². The molecule has 1 fully saturated rings. The number of hydrogen-bond acceptors (Lipinski definition) is 4. The number of nitrogens with zero attached hydrogens (tertiary/aromatic N) is 2. The number of fused-ring (bicyclic) bond motifs is 1. The first kappa shape index (κ1) is 22.0. The topological polar surface area (TPSA) is 77.1 Å². The van der Waals surface area contributed by atoms with E-state index in [4.69, 9.17) is 4.52 Å². The summed E-state index contributed by atoms with van der Waals surface area (Å²) in [6, 6.07) is 11.5. The molecule has 0 saturated heterocycles. The third kappa shape index (κ3) is 3.69. The van der Waals surface area contributed by atoms with E-state index in [1.807, 2.05) is 0 Å². The van der Waals surface area contributed by atoms with Crippen molar-refractivity contribution >= 4 is 16.7 Å². The van der Waals surface area contributed by atoms with Crippen molar-refractivity contribution in [3.05, 3.63) is 93.1 Å². The van der Waals surface area contributed by atoms with Gasteiger partial charge < -0.3 is 9.84 Å². The Labute approximate surface area is 194 Å². The second-order valence-corrected chi connectivity index (χ2v) is 8.76. The number of aromatic nitrogens is 2. The van der Waals surface area contributed by atoms with Crippen molar-refractivity contribution < 1.29 is 18.1 Å². The number of benzene rings is 2. The van der Waals surface area contributed by atoms with Crippen molar-refractivity contribution in [3.63, 3.8) is 0 Å². The predicted molar refractivity (Wildman–Crippen MR) is 123 cm³/mol. The minimum atomic E-state index is -0.730. The third-order valence-corrected chi connectivity index (χ3v) is 6.58. The zero-order valence-corrected chi connectivity index (χ0v) is 18.8. The van der Waals surface area contributed by atoms with Crippen LogP contribution < -0.4 is 10.9 Å². The second-order valence-electron chi connectivity index (χ2n) is 8.76. The molecule has 1 aliphatic carbocycles. The third-order valence-electron chi connectivity index (χ3n) is 6.58. The number of amides is 1. The minimum Gasteiger partial charge on any atom is -0.360 e. The average molecular weight is 463 g/mol. The molecule has 174 valence electrons. The fraction of sp³-hybridized carbons (Fsp3) is 0.269. The molecule has 0 radical (unpaired) electrons. The smallest absolute Gasteiger partial charge is 0.267 e. The van der Waals surface area contributed by atoms with E-state index in [0.717, 1.165) is 19.3 Å². The Bertz CT molecular complexity index is 1470. The van der Waals surface area contributed by atoms with Gasteiger partial charge >= 0.3 is 0 Å². The molecule has 1 N–H and O–H groups in total. The van der Waals surface area contributed by atoms with Gasteiger partial charge in [0.1, 0.15) is 17.4 Å². The van der Waals surface area contributed by atoms with Crippen LogP contribution in [-0.2, 0) is 0 Å². The van der Waals surface area contributed by atoms with Crippen LogP contribution >= 0.6 is 0 Å². The van der Waals surface area contributed by atoms with Gasteiger partial charge in [-0.05, 0) is 56.4 Å². The molecule has 2 aromatic carbocycles. The van der Waals surface area contributed by atoms with Crippen LogP contribution in [0.1, 0.15) is 52.7 Å². The maximum atomic E-state index is 14.9. The minimum absolute atomic E-state index is 0.162. The highest BCUT2D eigenvalue weighted by atomic mass is 19.1. The average Bonchev–Trinajstić information content (AvgIpc) is 3.17. The molecule has 0 bridgehead atoms. The van der Waals surface area contributed by atoms with Gasteiger partial charge in [-0.25, -0.2) is 8.78 Å². The van der Waals surface area contributed by atoms with Gasteiger partial charge in [0.05, 0.1) is 17.0 Å². The molecule has 2 aromatic heterocycles. The molecule has 1 saturated carbocycles. The van der Waals surface area contributed by atoms with Crippen LogP contribution in [0.4, 0.5) is 8.78 Å². The molecule has 5 rings (SSSR count). The van der Waals surface area contributed by atoms with E-state index in [1.54, 1.807) is 38.1 Å². The summed E-state index contributed by atoms with van der Waals surface area (Å²) in [5.74, 6) is -0.778. The number of carbonyl (C=O) groups excluding carboxylic acids is 1. The van der Waals surface area contributed by atoms with Crippen molar-refractivity contribution in [2.45, 2.75) is 39.2 Å². The molecule has 1 atom stereocenters. The molecule has 34 heavy (non-hydrogen) atoms. The number of aryl methyl sites for hydroxylation is 1. The summed E-state index contributed by atoms with van der Waals surface area (Å²) in [4.78, 5) is 27.0. The Kier molecular flexibility index (Phi) is 5.51.